The van der Waals surface area contributed by atoms with Crippen LogP contribution in [0.4, 0.5) is 0 Å². The molecule has 2 N–H and O–H groups in total. The van der Waals surface area contributed by atoms with Crippen molar-refractivity contribution in [3.63, 3.8) is 0 Å². The van der Waals surface area contributed by atoms with Crippen LogP contribution < -0.4 is 5.32 Å². The van der Waals surface area contributed by atoms with Gasteiger partial charge in [-0.25, -0.2) is 0 Å². The molecule has 33 heavy (non-hydrogen) atoms. The van der Waals surface area contributed by atoms with Crippen molar-refractivity contribution in [2.45, 2.75) is 77.8 Å². The minimum Gasteiger partial charge on any atom is -0.357 e. The van der Waals surface area contributed by atoms with Crippen LogP contribution in [0.3, 0.4) is 0 Å². The molecule has 0 aliphatic carbocycles. The van der Waals surface area contributed by atoms with Crippen LogP contribution in [-0.2, 0) is 9.59 Å². The number of fused-ring (bicyclic) bond motifs is 4. The Morgan fingerprint density at radius 2 is 1.94 bits per heavy atom. The van der Waals surface area contributed by atoms with E-state index in [4.69, 9.17) is 0 Å². The number of amides is 3. The molecular weight excluding hydrogens is 416 g/mol. The van der Waals surface area contributed by atoms with Gasteiger partial charge < -0.3 is 20.1 Å². The lowest BCUT2D eigenvalue weighted by Gasteiger charge is -2.51. The summed E-state index contributed by atoms with van der Waals surface area (Å²) in [6.07, 6.45) is 7.36. The molecule has 3 fully saturated rings. The third-order valence-electron chi connectivity index (χ3n) is 7.95. The van der Waals surface area contributed by atoms with Crippen molar-refractivity contribution >= 4 is 17.7 Å². The number of nitrogens with one attached hydrogen (secondary N) is 2. The van der Waals surface area contributed by atoms with Crippen molar-refractivity contribution < 1.29 is 14.4 Å². The standard InChI is InChI=1S/C26H40N4O3/c1-17(2)21-10-9-18(3)12-25(32)30-15-19-13-20(23(30)7-4-8-24(31)28-21)16-29(14-19)26(33)22-6-5-11-27-22/h5-6,11,17-21,23,27H,4,7-10,12-16H2,1-3H3,(H,28,31)/t18-,19+,20+,21+,23+/m1/s1. The zero-order chi connectivity index (χ0) is 23.5. The van der Waals surface area contributed by atoms with Crippen LogP contribution in [0, 0.1) is 23.7 Å². The molecule has 0 radical (unpaired) electrons. The first kappa shape index (κ1) is 23.8. The summed E-state index contributed by atoms with van der Waals surface area (Å²) in [5.41, 5.74) is 0.628. The van der Waals surface area contributed by atoms with E-state index in [1.807, 2.05) is 17.0 Å². The van der Waals surface area contributed by atoms with Crippen molar-refractivity contribution in [1.82, 2.24) is 20.1 Å². The second-order valence-electron chi connectivity index (χ2n) is 11.0. The second-order valence-corrected chi connectivity index (χ2v) is 11.0. The van der Waals surface area contributed by atoms with Crippen LogP contribution in [-0.4, -0.2) is 64.2 Å². The van der Waals surface area contributed by atoms with Crippen LogP contribution >= 0.6 is 0 Å². The molecule has 0 spiro atoms. The number of H-pyrrole nitrogens is 1. The van der Waals surface area contributed by atoms with Gasteiger partial charge in [0.15, 0.2) is 0 Å². The van der Waals surface area contributed by atoms with Crippen molar-refractivity contribution in [3.8, 4) is 0 Å². The lowest BCUT2D eigenvalue weighted by atomic mass is 9.77. The highest BCUT2D eigenvalue weighted by atomic mass is 16.2. The summed E-state index contributed by atoms with van der Waals surface area (Å²) >= 11 is 0. The lowest BCUT2D eigenvalue weighted by Crippen LogP contribution is -2.60. The predicted molar refractivity (Wildman–Crippen MR) is 127 cm³/mol. The van der Waals surface area contributed by atoms with E-state index in [0.717, 1.165) is 38.6 Å². The zero-order valence-corrected chi connectivity index (χ0v) is 20.4. The Morgan fingerprint density at radius 3 is 2.67 bits per heavy atom. The molecule has 7 nitrogen and oxygen atoms in total. The van der Waals surface area contributed by atoms with Gasteiger partial charge in [0, 0.05) is 50.8 Å². The topological polar surface area (TPSA) is 85.5 Å². The van der Waals surface area contributed by atoms with Crippen molar-refractivity contribution in [2.75, 3.05) is 19.6 Å². The molecule has 182 valence electrons. The Morgan fingerprint density at radius 1 is 1.12 bits per heavy atom. The van der Waals surface area contributed by atoms with E-state index in [9.17, 15) is 14.4 Å². The zero-order valence-electron chi connectivity index (χ0n) is 20.4. The highest BCUT2D eigenvalue weighted by Crippen LogP contribution is 2.37. The first-order valence-corrected chi connectivity index (χ1v) is 12.8. The number of likely N-dealkylation sites (tertiary alicyclic amines) is 1. The summed E-state index contributed by atoms with van der Waals surface area (Å²) in [5.74, 6) is 1.70. The Hall–Kier alpha value is -2.31. The van der Waals surface area contributed by atoms with Crippen LogP contribution in [0.25, 0.3) is 0 Å². The summed E-state index contributed by atoms with van der Waals surface area (Å²) in [7, 11) is 0. The maximum Gasteiger partial charge on any atom is 0.270 e. The van der Waals surface area contributed by atoms with Gasteiger partial charge in [-0.2, -0.15) is 0 Å². The Labute approximate surface area is 197 Å². The molecule has 7 heteroatoms. The van der Waals surface area contributed by atoms with Crippen LogP contribution in [0.5, 0.6) is 0 Å². The van der Waals surface area contributed by atoms with Gasteiger partial charge in [0.2, 0.25) is 11.8 Å². The van der Waals surface area contributed by atoms with Gasteiger partial charge in [0.1, 0.15) is 5.69 Å². The number of rotatable bonds is 2. The molecule has 3 amide bonds. The molecule has 2 bridgehead atoms. The third kappa shape index (κ3) is 5.61. The van der Waals surface area contributed by atoms with Crippen molar-refractivity contribution in [2.24, 2.45) is 23.7 Å². The number of hydrogen-bond donors (Lipinski definition) is 2. The Balaban J connectivity index is 1.50. The fourth-order valence-electron chi connectivity index (χ4n) is 6.11. The van der Waals surface area contributed by atoms with Gasteiger partial charge in [-0.1, -0.05) is 20.8 Å². The molecule has 1 aromatic rings. The van der Waals surface area contributed by atoms with Gasteiger partial charge in [-0.05, 0) is 67.9 Å². The molecule has 5 atom stereocenters. The van der Waals surface area contributed by atoms with E-state index in [1.54, 1.807) is 6.20 Å². The van der Waals surface area contributed by atoms with Gasteiger partial charge in [0.25, 0.3) is 5.91 Å². The number of aromatic nitrogens is 1. The summed E-state index contributed by atoms with van der Waals surface area (Å²) in [5, 5.41) is 3.25. The van der Waals surface area contributed by atoms with E-state index in [0.29, 0.717) is 49.4 Å². The monoisotopic (exact) mass is 456 g/mol. The van der Waals surface area contributed by atoms with E-state index < -0.39 is 0 Å². The molecule has 0 unspecified atom stereocenters. The minimum atomic E-state index is 0.0480. The fraction of sp³-hybridized carbons (Fsp3) is 0.731. The average molecular weight is 457 g/mol. The first-order valence-electron chi connectivity index (χ1n) is 12.8. The lowest BCUT2D eigenvalue weighted by molar-refractivity contribution is -0.141. The van der Waals surface area contributed by atoms with E-state index in [1.165, 1.54) is 0 Å². The van der Waals surface area contributed by atoms with Crippen LogP contribution in [0.1, 0.15) is 76.2 Å². The number of piperidine rings is 2. The largest absolute Gasteiger partial charge is 0.357 e. The smallest absolute Gasteiger partial charge is 0.270 e. The maximum absolute atomic E-state index is 13.4. The summed E-state index contributed by atoms with van der Waals surface area (Å²) < 4.78 is 0. The molecule has 4 heterocycles. The van der Waals surface area contributed by atoms with Gasteiger partial charge in [-0.3, -0.25) is 14.4 Å². The quantitative estimate of drug-likeness (QED) is 0.715. The maximum atomic E-state index is 13.4. The molecule has 0 aromatic carbocycles. The highest BCUT2D eigenvalue weighted by Gasteiger charge is 2.43. The predicted octanol–water partition coefficient (Wildman–Crippen LogP) is 3.43. The molecule has 3 aliphatic heterocycles. The van der Waals surface area contributed by atoms with Crippen molar-refractivity contribution in [1.29, 1.82) is 0 Å². The number of nitrogens with zero attached hydrogens (tertiary/aromatic N) is 2. The van der Waals surface area contributed by atoms with E-state index in [-0.39, 0.29) is 35.7 Å². The van der Waals surface area contributed by atoms with Crippen molar-refractivity contribution in [3.05, 3.63) is 24.0 Å². The summed E-state index contributed by atoms with van der Waals surface area (Å²) in [6, 6.07) is 3.95. The highest BCUT2D eigenvalue weighted by molar-refractivity contribution is 5.92. The normalized spacial score (nSPS) is 31.8. The molecule has 1 aromatic heterocycles. The minimum absolute atomic E-state index is 0.0480. The molecular formula is C26H40N4O3. The van der Waals surface area contributed by atoms with Crippen LogP contribution in [0.15, 0.2) is 18.3 Å². The average Bonchev–Trinajstić information content (AvgIpc) is 3.31. The number of hydrogen-bond acceptors (Lipinski definition) is 3. The fourth-order valence-corrected chi connectivity index (χ4v) is 6.11. The summed E-state index contributed by atoms with van der Waals surface area (Å²) in [4.78, 5) is 46.2. The van der Waals surface area contributed by atoms with E-state index >= 15 is 0 Å². The second kappa shape index (κ2) is 10.3. The molecule has 0 saturated carbocycles. The molecule has 3 aliphatic rings. The SMILES string of the molecule is CC(C)[C@@H]1CC[C@@H](C)CC(=O)N2C[C@H]3C[C@@H](CN(C(=O)c4ccc[nH]4)C3)[C@@H]2CCCC(=O)N1. The molecule has 4 rings (SSSR count). The number of carbonyl (C=O) groups excluding carboxylic acids is 3. The van der Waals surface area contributed by atoms with Gasteiger partial charge in [-0.15, -0.1) is 0 Å². The number of carbonyl (C=O) groups is 3. The van der Waals surface area contributed by atoms with E-state index in [2.05, 4.69) is 36.0 Å². The Bertz CT molecular complexity index is 837. The molecule has 3 saturated heterocycles. The Kier molecular flexibility index (Phi) is 7.45. The third-order valence-corrected chi connectivity index (χ3v) is 7.95. The van der Waals surface area contributed by atoms with Gasteiger partial charge in [0.05, 0.1) is 0 Å². The van der Waals surface area contributed by atoms with Crippen LogP contribution in [0.2, 0.25) is 0 Å². The number of aromatic amines is 1. The van der Waals surface area contributed by atoms with Gasteiger partial charge >= 0.3 is 0 Å². The first-order chi connectivity index (χ1) is 15.8. The summed E-state index contributed by atoms with van der Waals surface area (Å²) in [6.45, 7) is 8.58.